The lowest BCUT2D eigenvalue weighted by Crippen LogP contribution is -2.45. The van der Waals surface area contributed by atoms with E-state index in [1.165, 1.54) is 17.0 Å². The molecule has 6 unspecified atom stereocenters. The van der Waals surface area contributed by atoms with E-state index in [1.54, 1.807) is 24.3 Å². The van der Waals surface area contributed by atoms with Gasteiger partial charge >= 0.3 is 0 Å². The summed E-state index contributed by atoms with van der Waals surface area (Å²) in [5.41, 5.74) is 2.61. The molecule has 156 valence electrons. The number of hydrogen-bond acceptors (Lipinski definition) is 7. The van der Waals surface area contributed by atoms with Crippen LogP contribution in [0.3, 0.4) is 0 Å². The van der Waals surface area contributed by atoms with E-state index in [4.69, 9.17) is 9.57 Å². The fraction of sp³-hybridized carbons (Fsp3) is 0.318. The molecule has 2 amide bonds. The van der Waals surface area contributed by atoms with E-state index in [9.17, 15) is 19.7 Å². The second-order valence-corrected chi connectivity index (χ2v) is 8.34. The summed E-state index contributed by atoms with van der Waals surface area (Å²) in [5, 5.41) is 15.3. The first kappa shape index (κ1) is 18.2. The van der Waals surface area contributed by atoms with Gasteiger partial charge in [0.2, 0.25) is 11.8 Å². The van der Waals surface area contributed by atoms with Gasteiger partial charge in [-0.15, -0.1) is 0 Å². The van der Waals surface area contributed by atoms with Crippen LogP contribution >= 0.6 is 0 Å². The number of rotatable bonds is 3. The third kappa shape index (κ3) is 2.37. The maximum Gasteiger partial charge on any atom is 0.270 e. The summed E-state index contributed by atoms with van der Waals surface area (Å²) < 4.78 is 6.07. The minimum Gasteiger partial charge on any atom is -0.389 e. The van der Waals surface area contributed by atoms with Crippen molar-refractivity contribution in [3.05, 3.63) is 69.8 Å². The molecule has 0 aliphatic carbocycles. The lowest BCUT2D eigenvalue weighted by atomic mass is 9.71. The quantitative estimate of drug-likeness (QED) is 0.428. The Kier molecular flexibility index (Phi) is 3.64. The van der Waals surface area contributed by atoms with Crippen molar-refractivity contribution in [1.82, 2.24) is 0 Å². The van der Waals surface area contributed by atoms with Crippen LogP contribution in [0.4, 0.5) is 11.4 Å². The van der Waals surface area contributed by atoms with E-state index in [0.717, 1.165) is 5.56 Å². The van der Waals surface area contributed by atoms with Gasteiger partial charge in [0.05, 0.1) is 40.2 Å². The van der Waals surface area contributed by atoms with Crippen molar-refractivity contribution in [2.75, 3.05) is 4.90 Å². The lowest BCUT2D eigenvalue weighted by Gasteiger charge is -2.26. The third-order valence-corrected chi connectivity index (χ3v) is 6.69. The molecule has 4 aliphatic rings. The Morgan fingerprint density at radius 1 is 0.968 bits per heavy atom. The predicted molar refractivity (Wildman–Crippen MR) is 107 cm³/mol. The van der Waals surface area contributed by atoms with Gasteiger partial charge in [-0.1, -0.05) is 35.0 Å². The first-order valence-corrected chi connectivity index (χ1v) is 10.0. The number of ether oxygens (including phenoxy) is 1. The minimum absolute atomic E-state index is 0.0525. The topological polar surface area (TPSA) is 111 Å². The first-order chi connectivity index (χ1) is 15.0. The van der Waals surface area contributed by atoms with Crippen molar-refractivity contribution in [2.45, 2.75) is 25.2 Å². The van der Waals surface area contributed by atoms with Crippen LogP contribution in [-0.2, 0) is 19.2 Å². The van der Waals surface area contributed by atoms with Crippen LogP contribution in [0.5, 0.6) is 0 Å². The van der Waals surface area contributed by atoms with E-state index in [-0.39, 0.29) is 23.4 Å². The van der Waals surface area contributed by atoms with Crippen molar-refractivity contribution in [2.24, 2.45) is 22.9 Å². The van der Waals surface area contributed by atoms with Crippen LogP contribution in [0, 0.1) is 34.8 Å². The highest BCUT2D eigenvalue weighted by atomic mass is 16.7. The summed E-state index contributed by atoms with van der Waals surface area (Å²) in [5.74, 6) is -2.15. The van der Waals surface area contributed by atoms with E-state index < -0.39 is 35.1 Å². The Hall–Kier alpha value is -3.59. The summed E-state index contributed by atoms with van der Waals surface area (Å²) in [7, 11) is 0. The Bertz CT molecular complexity index is 1180. The molecule has 4 aliphatic heterocycles. The van der Waals surface area contributed by atoms with Crippen molar-refractivity contribution in [1.29, 1.82) is 0 Å². The zero-order chi connectivity index (χ0) is 21.4. The van der Waals surface area contributed by atoms with Crippen LogP contribution in [0.25, 0.3) is 0 Å². The van der Waals surface area contributed by atoms with E-state index in [0.29, 0.717) is 17.0 Å². The highest BCUT2D eigenvalue weighted by Gasteiger charge is 2.72. The number of fused-ring (bicyclic) bond motifs is 8. The van der Waals surface area contributed by atoms with Crippen LogP contribution in [0.2, 0.25) is 0 Å². The second-order valence-electron chi connectivity index (χ2n) is 8.34. The van der Waals surface area contributed by atoms with Gasteiger partial charge in [-0.3, -0.25) is 19.7 Å². The Morgan fingerprint density at radius 3 is 2.39 bits per heavy atom. The molecule has 2 aromatic rings. The number of nitro benzene ring substituents is 1. The number of oxime groups is 1. The van der Waals surface area contributed by atoms with Crippen molar-refractivity contribution in [3.8, 4) is 0 Å². The smallest absolute Gasteiger partial charge is 0.270 e. The molecule has 0 saturated carbocycles. The number of aryl methyl sites for hydroxylation is 1. The maximum absolute atomic E-state index is 13.3. The highest BCUT2D eigenvalue weighted by molar-refractivity contribution is 6.23. The summed E-state index contributed by atoms with van der Waals surface area (Å²) in [4.78, 5) is 44.1. The molecule has 9 heteroatoms. The average Bonchev–Trinajstić information content (AvgIpc) is 3.49. The number of non-ortho nitro benzene ring substituents is 1. The number of amides is 2. The van der Waals surface area contributed by atoms with E-state index in [2.05, 4.69) is 5.16 Å². The molecule has 3 saturated heterocycles. The number of anilines is 1. The molecule has 0 spiro atoms. The molecule has 2 aromatic carbocycles. The van der Waals surface area contributed by atoms with Gasteiger partial charge in [-0.2, -0.15) is 0 Å². The summed E-state index contributed by atoms with van der Waals surface area (Å²) >= 11 is 0. The van der Waals surface area contributed by atoms with Crippen LogP contribution in [0.1, 0.15) is 11.1 Å². The zero-order valence-corrected chi connectivity index (χ0v) is 16.4. The zero-order valence-electron chi connectivity index (χ0n) is 16.4. The van der Waals surface area contributed by atoms with E-state index in [1.807, 2.05) is 19.1 Å². The molecular formula is C22H17N3O6. The number of benzene rings is 2. The molecule has 0 N–H and O–H groups in total. The van der Waals surface area contributed by atoms with Crippen LogP contribution < -0.4 is 4.90 Å². The summed E-state index contributed by atoms with van der Waals surface area (Å²) in [6, 6.07) is 13.4. The Morgan fingerprint density at radius 2 is 1.68 bits per heavy atom. The van der Waals surface area contributed by atoms with Crippen LogP contribution in [0.15, 0.2) is 53.7 Å². The van der Waals surface area contributed by atoms with Gasteiger partial charge in [0, 0.05) is 17.7 Å². The molecule has 2 bridgehead atoms. The van der Waals surface area contributed by atoms with E-state index >= 15 is 0 Å². The maximum atomic E-state index is 13.3. The van der Waals surface area contributed by atoms with Gasteiger partial charge in [0.1, 0.15) is 6.10 Å². The van der Waals surface area contributed by atoms with Crippen molar-refractivity contribution < 1.29 is 24.1 Å². The van der Waals surface area contributed by atoms with Gasteiger partial charge in [0.15, 0.2) is 6.10 Å². The number of nitrogens with zero attached hydrogens (tertiary/aromatic N) is 3. The lowest BCUT2D eigenvalue weighted by molar-refractivity contribution is -0.384. The number of hydrogen-bond donors (Lipinski definition) is 0. The Labute approximate surface area is 176 Å². The molecule has 6 rings (SSSR count). The fourth-order valence-electron chi connectivity index (χ4n) is 5.32. The molecule has 3 fully saturated rings. The normalized spacial score (nSPS) is 32.7. The summed E-state index contributed by atoms with van der Waals surface area (Å²) in [6.07, 6.45) is -1.63. The van der Waals surface area contributed by atoms with Gasteiger partial charge in [-0.25, -0.2) is 4.90 Å². The predicted octanol–water partition coefficient (Wildman–Crippen LogP) is 2.21. The third-order valence-electron chi connectivity index (χ3n) is 6.69. The molecule has 0 radical (unpaired) electrons. The number of carbonyl (C=O) groups is 2. The first-order valence-electron chi connectivity index (χ1n) is 10.0. The largest absolute Gasteiger partial charge is 0.389 e. The molecule has 6 atom stereocenters. The standard InChI is InChI=1S/C22H17N3O6/c1-10-5-7-12(8-6-10)24-21(26)14-15(22(24)27)19-20-16(18(14)30-19)17(23-31-20)11-3-2-4-13(9-11)25(28)29/h2-9,14-16,18-20H,1H3. The monoisotopic (exact) mass is 419 g/mol. The van der Waals surface area contributed by atoms with Gasteiger partial charge < -0.3 is 9.57 Å². The fourth-order valence-corrected chi connectivity index (χ4v) is 5.32. The molecule has 0 aromatic heterocycles. The molecular weight excluding hydrogens is 402 g/mol. The SMILES string of the molecule is Cc1ccc(N2C(=O)C3C4OC(C5C(c6cccc([N+](=O)[O-])c6)=NOC45)C3C2=O)cc1. The average molecular weight is 419 g/mol. The van der Waals surface area contributed by atoms with Crippen molar-refractivity contribution in [3.63, 3.8) is 0 Å². The molecule has 31 heavy (non-hydrogen) atoms. The number of nitro groups is 1. The number of imide groups is 1. The van der Waals surface area contributed by atoms with Crippen LogP contribution in [-0.4, -0.2) is 40.8 Å². The molecule has 9 nitrogen and oxygen atoms in total. The highest BCUT2D eigenvalue weighted by Crippen LogP contribution is 2.55. The minimum atomic E-state index is -0.620. The van der Waals surface area contributed by atoms with Gasteiger partial charge in [-0.05, 0) is 19.1 Å². The number of carbonyl (C=O) groups excluding carboxylic acids is 2. The Balaban J connectivity index is 1.34. The second kappa shape index (κ2) is 6.21. The summed E-state index contributed by atoms with van der Waals surface area (Å²) in [6.45, 7) is 1.94. The van der Waals surface area contributed by atoms with Gasteiger partial charge in [0.25, 0.3) is 5.69 Å². The molecule has 4 heterocycles. The van der Waals surface area contributed by atoms with Crippen molar-refractivity contribution >= 4 is 28.9 Å².